The van der Waals surface area contributed by atoms with E-state index in [2.05, 4.69) is 29.4 Å². The van der Waals surface area contributed by atoms with Gasteiger partial charge >= 0.3 is 6.03 Å². The minimum atomic E-state index is -0.232. The molecule has 0 radical (unpaired) electrons. The van der Waals surface area contributed by atoms with E-state index < -0.39 is 0 Å². The van der Waals surface area contributed by atoms with E-state index in [0.29, 0.717) is 12.2 Å². The van der Waals surface area contributed by atoms with E-state index in [1.54, 1.807) is 19.0 Å². The number of para-hydroxylation sites is 1. The topological polar surface area (TPSA) is 64.7 Å². The Hall–Kier alpha value is -2.08. The van der Waals surface area contributed by atoms with Crippen LogP contribution in [0.5, 0.6) is 0 Å². The highest BCUT2D eigenvalue weighted by Gasteiger charge is 2.24. The molecule has 1 aliphatic heterocycles. The van der Waals surface area contributed by atoms with E-state index in [4.69, 9.17) is 0 Å². The Bertz CT molecular complexity index is 622. The number of carbonyl (C=O) groups excluding carboxylic acids is 2. The molecule has 1 aromatic rings. The Labute approximate surface area is 156 Å². The van der Waals surface area contributed by atoms with Crippen molar-refractivity contribution in [1.29, 1.82) is 0 Å². The van der Waals surface area contributed by atoms with Crippen molar-refractivity contribution in [3.05, 3.63) is 29.8 Å². The van der Waals surface area contributed by atoms with Crippen molar-refractivity contribution >= 4 is 17.6 Å². The summed E-state index contributed by atoms with van der Waals surface area (Å²) in [5.41, 5.74) is 1.51. The van der Waals surface area contributed by atoms with Crippen molar-refractivity contribution in [3.8, 4) is 0 Å². The van der Waals surface area contributed by atoms with Crippen LogP contribution in [-0.4, -0.2) is 62.0 Å². The van der Waals surface area contributed by atoms with Crippen LogP contribution in [0.3, 0.4) is 0 Å². The summed E-state index contributed by atoms with van der Waals surface area (Å²) in [5.74, 6) is 0.00593. The number of likely N-dealkylation sites (N-methyl/N-ethyl adjacent to an activating group) is 1. The van der Waals surface area contributed by atoms with Gasteiger partial charge in [0.2, 0.25) is 5.91 Å². The van der Waals surface area contributed by atoms with Gasteiger partial charge < -0.3 is 20.4 Å². The van der Waals surface area contributed by atoms with Gasteiger partial charge in [-0.1, -0.05) is 32.0 Å². The van der Waals surface area contributed by atoms with Gasteiger partial charge in [0.1, 0.15) is 0 Å². The lowest BCUT2D eigenvalue weighted by atomic mass is 9.93. The van der Waals surface area contributed by atoms with Crippen molar-refractivity contribution in [1.82, 2.24) is 15.1 Å². The molecule has 0 aromatic heterocycles. The van der Waals surface area contributed by atoms with Crippen LogP contribution in [0.25, 0.3) is 0 Å². The van der Waals surface area contributed by atoms with Crippen LogP contribution in [0, 0.1) is 5.41 Å². The van der Waals surface area contributed by atoms with Crippen molar-refractivity contribution in [3.63, 3.8) is 0 Å². The van der Waals surface area contributed by atoms with Gasteiger partial charge in [-0.3, -0.25) is 4.79 Å². The SMILES string of the molecule is CN(C)C(=O)Cc1ccccc1NC(=O)NCC(C)(C)CN1CCCC1. The summed E-state index contributed by atoms with van der Waals surface area (Å²) in [6.07, 6.45) is 2.81. The molecule has 0 saturated carbocycles. The number of rotatable bonds is 7. The second kappa shape index (κ2) is 9.03. The van der Waals surface area contributed by atoms with Crippen LogP contribution in [0.4, 0.5) is 10.5 Å². The number of benzene rings is 1. The first-order valence-corrected chi connectivity index (χ1v) is 9.32. The van der Waals surface area contributed by atoms with Crippen LogP contribution < -0.4 is 10.6 Å². The van der Waals surface area contributed by atoms with Gasteiger partial charge in [-0.2, -0.15) is 0 Å². The zero-order chi connectivity index (χ0) is 19.2. The summed E-state index contributed by atoms with van der Waals surface area (Å²) in [4.78, 5) is 28.3. The van der Waals surface area contributed by atoms with Crippen LogP contribution in [0.15, 0.2) is 24.3 Å². The fraction of sp³-hybridized carbons (Fsp3) is 0.600. The summed E-state index contributed by atoms with van der Waals surface area (Å²) in [7, 11) is 3.46. The normalized spacial score (nSPS) is 14.9. The molecule has 3 amide bonds. The molecular weight excluding hydrogens is 328 g/mol. The minimum Gasteiger partial charge on any atom is -0.349 e. The summed E-state index contributed by atoms with van der Waals surface area (Å²) in [5, 5.41) is 5.86. The average molecular weight is 361 g/mol. The third kappa shape index (κ3) is 6.33. The number of nitrogens with one attached hydrogen (secondary N) is 2. The third-order valence-corrected chi connectivity index (χ3v) is 4.68. The van der Waals surface area contributed by atoms with E-state index in [1.165, 1.54) is 12.8 Å². The predicted octanol–water partition coefficient (Wildman–Crippen LogP) is 2.56. The number of hydrogen-bond donors (Lipinski definition) is 2. The molecule has 1 aromatic carbocycles. The standard InChI is InChI=1S/C20H32N4O2/c1-20(2,15-24-11-7-8-12-24)14-21-19(26)22-17-10-6-5-9-16(17)13-18(25)23(3)4/h5-6,9-10H,7-8,11-15H2,1-4H3,(H2,21,22,26). The van der Waals surface area contributed by atoms with E-state index in [-0.39, 0.29) is 23.8 Å². The van der Waals surface area contributed by atoms with Gasteiger partial charge in [-0.05, 0) is 43.0 Å². The quantitative estimate of drug-likeness (QED) is 0.785. The molecule has 6 heteroatoms. The highest BCUT2D eigenvalue weighted by atomic mass is 16.2. The summed E-state index contributed by atoms with van der Waals surface area (Å²) >= 11 is 0. The summed E-state index contributed by atoms with van der Waals surface area (Å²) < 4.78 is 0. The lowest BCUT2D eigenvalue weighted by molar-refractivity contribution is -0.127. The zero-order valence-corrected chi connectivity index (χ0v) is 16.5. The molecule has 0 bridgehead atoms. The number of amides is 3. The lowest BCUT2D eigenvalue weighted by Gasteiger charge is -2.30. The number of urea groups is 1. The largest absolute Gasteiger partial charge is 0.349 e. The molecule has 2 rings (SSSR count). The van der Waals surface area contributed by atoms with Crippen LogP contribution >= 0.6 is 0 Å². The number of anilines is 1. The van der Waals surface area contributed by atoms with E-state index in [0.717, 1.165) is 25.2 Å². The average Bonchev–Trinajstić information content (AvgIpc) is 3.07. The number of carbonyl (C=O) groups is 2. The Kier molecular flexibility index (Phi) is 7.03. The molecule has 0 spiro atoms. The second-order valence-corrected chi connectivity index (χ2v) is 8.08. The van der Waals surface area contributed by atoms with Gasteiger partial charge in [0, 0.05) is 32.9 Å². The molecule has 1 heterocycles. The van der Waals surface area contributed by atoms with Gasteiger partial charge in [0.25, 0.3) is 0 Å². The Morgan fingerprint density at radius 1 is 1.15 bits per heavy atom. The molecule has 1 fully saturated rings. The lowest BCUT2D eigenvalue weighted by Crippen LogP contribution is -2.42. The fourth-order valence-electron chi connectivity index (χ4n) is 3.21. The molecular formula is C20H32N4O2. The van der Waals surface area contributed by atoms with Crippen molar-refractivity contribution in [2.75, 3.05) is 45.6 Å². The number of hydrogen-bond acceptors (Lipinski definition) is 3. The smallest absolute Gasteiger partial charge is 0.319 e. The minimum absolute atomic E-state index is 0.00593. The Morgan fingerprint density at radius 2 is 1.81 bits per heavy atom. The van der Waals surface area contributed by atoms with Gasteiger partial charge in [0.05, 0.1) is 6.42 Å². The Morgan fingerprint density at radius 3 is 2.46 bits per heavy atom. The molecule has 1 saturated heterocycles. The molecule has 0 aliphatic carbocycles. The van der Waals surface area contributed by atoms with E-state index >= 15 is 0 Å². The third-order valence-electron chi connectivity index (χ3n) is 4.68. The first kappa shape index (κ1) is 20.2. The number of likely N-dealkylation sites (tertiary alicyclic amines) is 1. The summed E-state index contributed by atoms with van der Waals surface area (Å²) in [6.45, 7) is 8.26. The van der Waals surface area contributed by atoms with Crippen molar-refractivity contribution < 1.29 is 9.59 Å². The first-order chi connectivity index (χ1) is 12.3. The highest BCUT2D eigenvalue weighted by molar-refractivity contribution is 5.91. The zero-order valence-electron chi connectivity index (χ0n) is 16.5. The molecule has 2 N–H and O–H groups in total. The molecule has 1 aliphatic rings. The molecule has 0 unspecified atom stereocenters. The fourth-order valence-corrected chi connectivity index (χ4v) is 3.21. The van der Waals surface area contributed by atoms with E-state index in [9.17, 15) is 9.59 Å². The first-order valence-electron chi connectivity index (χ1n) is 9.32. The van der Waals surface area contributed by atoms with Crippen molar-refractivity contribution in [2.45, 2.75) is 33.1 Å². The maximum Gasteiger partial charge on any atom is 0.319 e. The van der Waals surface area contributed by atoms with Crippen LogP contribution in [0.2, 0.25) is 0 Å². The van der Waals surface area contributed by atoms with Gasteiger partial charge in [0.15, 0.2) is 0 Å². The van der Waals surface area contributed by atoms with E-state index in [1.807, 2.05) is 24.3 Å². The summed E-state index contributed by atoms with van der Waals surface area (Å²) in [6, 6.07) is 7.20. The van der Waals surface area contributed by atoms with Crippen molar-refractivity contribution in [2.24, 2.45) is 5.41 Å². The van der Waals surface area contributed by atoms with Gasteiger partial charge in [-0.25, -0.2) is 4.79 Å². The van der Waals surface area contributed by atoms with Crippen LogP contribution in [-0.2, 0) is 11.2 Å². The van der Waals surface area contributed by atoms with Crippen LogP contribution in [0.1, 0.15) is 32.3 Å². The maximum absolute atomic E-state index is 12.3. The molecule has 6 nitrogen and oxygen atoms in total. The van der Waals surface area contributed by atoms with Gasteiger partial charge in [-0.15, -0.1) is 0 Å². The predicted molar refractivity (Wildman–Crippen MR) is 105 cm³/mol. The molecule has 26 heavy (non-hydrogen) atoms. The maximum atomic E-state index is 12.3. The monoisotopic (exact) mass is 360 g/mol. The Balaban J connectivity index is 1.88. The molecule has 0 atom stereocenters. The second-order valence-electron chi connectivity index (χ2n) is 8.08. The number of nitrogens with zero attached hydrogens (tertiary/aromatic N) is 2. The molecule has 144 valence electrons. The highest BCUT2D eigenvalue weighted by Crippen LogP contribution is 2.20.